The van der Waals surface area contributed by atoms with Crippen molar-refractivity contribution >= 4 is 0 Å². The van der Waals surface area contributed by atoms with Crippen molar-refractivity contribution in [1.29, 1.82) is 0 Å². The summed E-state index contributed by atoms with van der Waals surface area (Å²) in [6.07, 6.45) is -0.952. The number of nitrogens with zero attached hydrogens (tertiary/aromatic N) is 4. The summed E-state index contributed by atoms with van der Waals surface area (Å²) in [5.41, 5.74) is 6.62. The summed E-state index contributed by atoms with van der Waals surface area (Å²) in [5.74, 6) is 0.417. The zero-order valence-corrected chi connectivity index (χ0v) is 11.2. The lowest BCUT2D eigenvalue weighted by Gasteiger charge is -2.05. The van der Waals surface area contributed by atoms with Crippen LogP contribution >= 0.6 is 0 Å². The van der Waals surface area contributed by atoms with Crippen molar-refractivity contribution in [1.82, 2.24) is 19.9 Å². The zero-order valence-electron chi connectivity index (χ0n) is 11.2. The van der Waals surface area contributed by atoms with Crippen LogP contribution in [0.4, 0.5) is 13.2 Å². The average Bonchev–Trinajstić information content (AvgIpc) is 3.02. The van der Waals surface area contributed by atoms with Crippen LogP contribution in [-0.2, 0) is 18.2 Å². The summed E-state index contributed by atoms with van der Waals surface area (Å²) in [4.78, 5) is 4.03. The maximum absolute atomic E-state index is 11.9. The predicted molar refractivity (Wildman–Crippen MR) is 64.1 cm³/mol. The summed E-state index contributed by atoms with van der Waals surface area (Å²) in [6, 6.07) is -0.629. The van der Waals surface area contributed by atoms with E-state index in [0.717, 1.165) is 0 Å². The maximum Gasteiger partial charge on any atom is 0.411 e. The smallest absolute Gasteiger partial charge is 0.372 e. The van der Waals surface area contributed by atoms with Crippen LogP contribution in [0.2, 0.25) is 0 Å². The molecule has 2 heterocycles. The Morgan fingerprint density at radius 1 is 1.48 bits per heavy atom. The Balaban J connectivity index is 1.86. The maximum atomic E-state index is 11.9. The Hall–Kier alpha value is -1.94. The standard InChI is InChI=1S/C11H14F3N5O2/c1-19-5-7(4-16-19)9(15)10-17-8(18-21-10)2-3-20-6-11(12,13)14/h4-5,9H,2-3,6,15H2,1H3. The molecule has 2 N–H and O–H groups in total. The van der Waals surface area contributed by atoms with E-state index < -0.39 is 18.8 Å². The number of hydrogen-bond donors (Lipinski definition) is 1. The van der Waals surface area contributed by atoms with E-state index in [0.29, 0.717) is 5.56 Å². The molecule has 21 heavy (non-hydrogen) atoms. The van der Waals surface area contributed by atoms with Gasteiger partial charge in [0.05, 0.1) is 12.8 Å². The van der Waals surface area contributed by atoms with Crippen LogP contribution in [0.25, 0.3) is 0 Å². The van der Waals surface area contributed by atoms with E-state index in [1.165, 1.54) is 0 Å². The Morgan fingerprint density at radius 2 is 2.24 bits per heavy atom. The molecule has 0 radical (unpaired) electrons. The van der Waals surface area contributed by atoms with Crippen molar-refractivity contribution in [2.75, 3.05) is 13.2 Å². The van der Waals surface area contributed by atoms with Gasteiger partial charge in [-0.15, -0.1) is 0 Å². The molecule has 0 spiro atoms. The van der Waals surface area contributed by atoms with Crippen LogP contribution in [0.1, 0.15) is 23.3 Å². The van der Waals surface area contributed by atoms with Crippen molar-refractivity contribution in [3.63, 3.8) is 0 Å². The number of rotatable bonds is 6. The number of ether oxygens (including phenoxy) is 1. The minimum absolute atomic E-state index is 0.110. The summed E-state index contributed by atoms with van der Waals surface area (Å²) in [5, 5.41) is 7.62. The minimum atomic E-state index is -4.34. The van der Waals surface area contributed by atoms with Gasteiger partial charge in [0.1, 0.15) is 12.6 Å². The van der Waals surface area contributed by atoms with Gasteiger partial charge < -0.3 is 15.0 Å². The number of halogens is 3. The number of hydrogen-bond acceptors (Lipinski definition) is 6. The fourth-order valence-corrected chi connectivity index (χ4v) is 1.59. The van der Waals surface area contributed by atoms with Crippen molar-refractivity contribution in [3.8, 4) is 0 Å². The molecule has 0 aliphatic carbocycles. The Bertz CT molecular complexity index is 580. The Kier molecular flexibility index (Phi) is 4.58. The van der Waals surface area contributed by atoms with Crippen molar-refractivity contribution in [2.24, 2.45) is 12.8 Å². The predicted octanol–water partition coefficient (Wildman–Crippen LogP) is 0.973. The lowest BCUT2D eigenvalue weighted by molar-refractivity contribution is -0.173. The molecule has 0 aromatic carbocycles. The summed E-state index contributed by atoms with van der Waals surface area (Å²) in [7, 11) is 1.74. The van der Waals surface area contributed by atoms with Crippen LogP contribution in [0, 0.1) is 0 Å². The largest absolute Gasteiger partial charge is 0.411 e. The topological polar surface area (TPSA) is 92.0 Å². The summed E-state index contributed by atoms with van der Waals surface area (Å²) in [6.45, 7) is -1.45. The van der Waals surface area contributed by atoms with E-state index in [4.69, 9.17) is 10.3 Å². The second-order valence-electron chi connectivity index (χ2n) is 4.39. The molecule has 0 saturated heterocycles. The van der Waals surface area contributed by atoms with Gasteiger partial charge in [-0.2, -0.15) is 23.3 Å². The fourth-order valence-electron chi connectivity index (χ4n) is 1.59. The average molecular weight is 305 g/mol. The molecule has 2 aromatic rings. The molecule has 0 aliphatic rings. The van der Waals surface area contributed by atoms with E-state index in [2.05, 4.69) is 20.0 Å². The van der Waals surface area contributed by atoms with Crippen LogP contribution in [0.15, 0.2) is 16.9 Å². The first kappa shape index (κ1) is 15.4. The highest BCUT2D eigenvalue weighted by Gasteiger charge is 2.27. The fraction of sp³-hybridized carbons (Fsp3) is 0.545. The minimum Gasteiger partial charge on any atom is -0.372 e. The van der Waals surface area contributed by atoms with Gasteiger partial charge in [-0.1, -0.05) is 5.16 Å². The molecule has 1 unspecified atom stereocenters. The monoisotopic (exact) mass is 305 g/mol. The summed E-state index contributed by atoms with van der Waals surface area (Å²) >= 11 is 0. The normalized spacial score (nSPS) is 13.6. The first-order valence-electron chi connectivity index (χ1n) is 6.06. The number of nitrogens with two attached hydrogens (primary N) is 1. The van der Waals surface area contributed by atoms with E-state index >= 15 is 0 Å². The van der Waals surface area contributed by atoms with Crippen molar-refractivity contribution < 1.29 is 22.4 Å². The molecule has 10 heteroatoms. The van der Waals surface area contributed by atoms with Crippen LogP contribution < -0.4 is 5.73 Å². The first-order chi connectivity index (χ1) is 9.85. The van der Waals surface area contributed by atoms with Crippen LogP contribution in [-0.4, -0.2) is 39.3 Å². The highest BCUT2D eigenvalue weighted by atomic mass is 19.4. The number of alkyl halides is 3. The zero-order chi connectivity index (χ0) is 15.5. The number of aromatic nitrogens is 4. The Morgan fingerprint density at radius 3 is 2.86 bits per heavy atom. The van der Waals surface area contributed by atoms with Crippen molar-refractivity contribution in [3.05, 3.63) is 29.7 Å². The lowest BCUT2D eigenvalue weighted by atomic mass is 10.2. The lowest BCUT2D eigenvalue weighted by Crippen LogP contribution is -2.18. The second-order valence-corrected chi connectivity index (χ2v) is 4.39. The summed E-state index contributed by atoms with van der Waals surface area (Å²) < 4.78 is 46.7. The molecular weight excluding hydrogens is 291 g/mol. The molecule has 2 rings (SSSR count). The molecular formula is C11H14F3N5O2. The third-order valence-corrected chi connectivity index (χ3v) is 2.57. The molecule has 0 aliphatic heterocycles. The number of aryl methyl sites for hydroxylation is 1. The highest BCUT2D eigenvalue weighted by Crippen LogP contribution is 2.17. The van der Waals surface area contributed by atoms with Crippen LogP contribution in [0.3, 0.4) is 0 Å². The van der Waals surface area contributed by atoms with Gasteiger partial charge in [0, 0.05) is 25.2 Å². The highest BCUT2D eigenvalue weighted by molar-refractivity contribution is 5.16. The SMILES string of the molecule is Cn1cc(C(N)c2nc(CCOCC(F)(F)F)no2)cn1. The third-order valence-electron chi connectivity index (χ3n) is 2.57. The van der Waals surface area contributed by atoms with Gasteiger partial charge in [0.25, 0.3) is 0 Å². The Labute approximate surface area is 117 Å². The third kappa shape index (κ3) is 4.53. The van der Waals surface area contributed by atoms with Crippen molar-refractivity contribution in [2.45, 2.75) is 18.6 Å². The van der Waals surface area contributed by atoms with Gasteiger partial charge in [-0.3, -0.25) is 4.68 Å². The van der Waals surface area contributed by atoms with Gasteiger partial charge in [-0.25, -0.2) is 0 Å². The molecule has 116 valence electrons. The van der Waals surface area contributed by atoms with Gasteiger partial charge in [-0.05, 0) is 0 Å². The van der Waals surface area contributed by atoms with E-state index in [1.54, 1.807) is 24.1 Å². The molecule has 0 amide bonds. The van der Waals surface area contributed by atoms with Crippen LogP contribution in [0.5, 0.6) is 0 Å². The second kappa shape index (κ2) is 6.22. The van der Waals surface area contributed by atoms with Gasteiger partial charge in [0.15, 0.2) is 5.82 Å². The molecule has 7 nitrogen and oxygen atoms in total. The first-order valence-corrected chi connectivity index (χ1v) is 6.06. The molecule has 0 bridgehead atoms. The van der Waals surface area contributed by atoms with Gasteiger partial charge in [0.2, 0.25) is 5.89 Å². The molecule has 2 aromatic heterocycles. The van der Waals surface area contributed by atoms with E-state index in [-0.39, 0.29) is 24.7 Å². The van der Waals surface area contributed by atoms with Gasteiger partial charge >= 0.3 is 6.18 Å². The van der Waals surface area contributed by atoms with E-state index in [1.807, 2.05) is 0 Å². The quantitative estimate of drug-likeness (QED) is 0.800. The molecule has 1 atom stereocenters. The molecule has 0 saturated carbocycles. The molecule has 0 fully saturated rings. The van der Waals surface area contributed by atoms with E-state index in [9.17, 15) is 13.2 Å².